The molecule has 0 saturated heterocycles. The Balaban J connectivity index is 1.93. The van der Waals surface area contributed by atoms with Gasteiger partial charge in [0.25, 0.3) is 0 Å². The van der Waals surface area contributed by atoms with Gasteiger partial charge in [0, 0.05) is 0 Å². The molecule has 9 heteroatoms. The third-order valence-electron chi connectivity index (χ3n) is 3.60. The maximum Gasteiger partial charge on any atom is 0.311 e. The lowest BCUT2D eigenvalue weighted by molar-refractivity contribution is -0.156. The predicted octanol–water partition coefficient (Wildman–Crippen LogP) is 0.755. The molecule has 3 rings (SSSR count). The van der Waals surface area contributed by atoms with Crippen LogP contribution in [0.15, 0.2) is 0 Å². The average molecular weight is 280 g/mol. The second-order valence-corrected chi connectivity index (χ2v) is 5.54. The average Bonchev–Trinajstić information content (AvgIpc) is 2.91. The van der Waals surface area contributed by atoms with Gasteiger partial charge < -0.3 is 5.11 Å². The van der Waals surface area contributed by atoms with E-state index < -0.39 is 11.4 Å². The van der Waals surface area contributed by atoms with Crippen LogP contribution in [0.4, 0.5) is 0 Å². The third kappa shape index (κ3) is 1.89. The number of aliphatic carboxylic acids is 1. The fraction of sp³-hybridized carbons (Fsp3) is 0.600. The molecule has 1 N–H and O–H groups in total. The summed E-state index contributed by atoms with van der Waals surface area (Å²) < 4.78 is 5.40. The van der Waals surface area contributed by atoms with Crippen molar-refractivity contribution in [1.29, 1.82) is 0 Å². The zero-order valence-corrected chi connectivity index (χ0v) is 11.1. The lowest BCUT2D eigenvalue weighted by Gasteiger charge is -2.37. The van der Waals surface area contributed by atoms with Crippen molar-refractivity contribution >= 4 is 17.5 Å². The van der Waals surface area contributed by atoms with Crippen molar-refractivity contribution in [2.45, 2.75) is 32.7 Å². The van der Waals surface area contributed by atoms with Crippen LogP contribution in [-0.4, -0.2) is 40.9 Å². The van der Waals surface area contributed by atoms with Gasteiger partial charge in [-0.2, -0.15) is 0 Å². The van der Waals surface area contributed by atoms with E-state index in [4.69, 9.17) is 0 Å². The van der Waals surface area contributed by atoms with Crippen molar-refractivity contribution in [2.75, 3.05) is 0 Å². The highest BCUT2D eigenvalue weighted by Crippen LogP contribution is 2.43. The second-order valence-electron chi connectivity index (χ2n) is 4.79. The van der Waals surface area contributed by atoms with Gasteiger partial charge >= 0.3 is 5.97 Å². The Hall–Kier alpha value is -1.90. The quantitative estimate of drug-likeness (QED) is 0.880. The first-order chi connectivity index (χ1) is 9.12. The summed E-state index contributed by atoms with van der Waals surface area (Å²) in [5.74, 6) is -0.237. The first kappa shape index (κ1) is 12.2. The molecule has 0 amide bonds. The molecule has 0 radical (unpaired) electrons. The smallest absolute Gasteiger partial charge is 0.311 e. The lowest BCUT2D eigenvalue weighted by atomic mass is 9.69. The van der Waals surface area contributed by atoms with Gasteiger partial charge in [-0.15, -0.1) is 10.2 Å². The van der Waals surface area contributed by atoms with Crippen molar-refractivity contribution in [1.82, 2.24) is 29.8 Å². The minimum atomic E-state index is -0.778. The predicted molar refractivity (Wildman–Crippen MR) is 65.4 cm³/mol. The number of tetrazole rings is 1. The molecule has 2 aromatic rings. The van der Waals surface area contributed by atoms with Gasteiger partial charge in [0.2, 0.25) is 0 Å². The summed E-state index contributed by atoms with van der Waals surface area (Å²) in [6, 6.07) is 0. The van der Waals surface area contributed by atoms with Crippen LogP contribution in [0.5, 0.6) is 0 Å². The molecule has 1 aliphatic rings. The Morgan fingerprint density at radius 2 is 2.26 bits per heavy atom. The van der Waals surface area contributed by atoms with E-state index in [1.165, 1.54) is 11.5 Å². The molecule has 0 aromatic carbocycles. The topological polar surface area (TPSA) is 107 Å². The van der Waals surface area contributed by atoms with Crippen LogP contribution in [-0.2, 0) is 11.3 Å². The van der Waals surface area contributed by atoms with Crippen molar-refractivity contribution < 1.29 is 9.90 Å². The third-order valence-corrected chi connectivity index (χ3v) is 4.43. The molecular formula is C10H12N6O2S. The molecule has 2 aromatic heterocycles. The molecular weight excluding hydrogens is 268 g/mol. The van der Waals surface area contributed by atoms with E-state index in [1.54, 1.807) is 4.68 Å². The molecule has 0 aliphatic heterocycles. The zero-order valence-electron chi connectivity index (χ0n) is 10.3. The molecule has 0 spiro atoms. The molecule has 1 aliphatic carbocycles. The van der Waals surface area contributed by atoms with Gasteiger partial charge in [-0.3, -0.25) is 4.79 Å². The number of hydrogen-bond donors (Lipinski definition) is 1. The van der Waals surface area contributed by atoms with Crippen LogP contribution in [0.25, 0.3) is 10.7 Å². The lowest BCUT2D eigenvalue weighted by Crippen LogP contribution is -2.42. The first-order valence-corrected chi connectivity index (χ1v) is 6.69. The summed E-state index contributed by atoms with van der Waals surface area (Å²) >= 11 is 1.21. The minimum absolute atomic E-state index is 0.294. The largest absolute Gasteiger partial charge is 0.481 e. The summed E-state index contributed by atoms with van der Waals surface area (Å²) in [5.41, 5.74) is 0.0231. The highest BCUT2D eigenvalue weighted by atomic mass is 32.1. The Morgan fingerprint density at radius 1 is 1.47 bits per heavy atom. The van der Waals surface area contributed by atoms with Crippen LogP contribution in [0.2, 0.25) is 0 Å². The van der Waals surface area contributed by atoms with Crippen LogP contribution in [0, 0.1) is 12.3 Å². The monoisotopic (exact) mass is 280 g/mol. The number of carbonyl (C=O) groups is 1. The number of carboxylic acids is 1. The fourth-order valence-electron chi connectivity index (χ4n) is 2.24. The van der Waals surface area contributed by atoms with Gasteiger partial charge in [0.1, 0.15) is 4.88 Å². The molecule has 19 heavy (non-hydrogen) atoms. The Bertz CT molecular complexity index is 617. The SMILES string of the molecule is Cc1nnsc1-c1nnnn1CC1(C(=O)O)CCC1. The van der Waals surface area contributed by atoms with Gasteiger partial charge in [0.05, 0.1) is 17.7 Å². The summed E-state index contributed by atoms with van der Waals surface area (Å²) in [6.07, 6.45) is 2.27. The van der Waals surface area contributed by atoms with Crippen molar-refractivity contribution in [3.05, 3.63) is 5.69 Å². The minimum Gasteiger partial charge on any atom is -0.481 e. The maximum atomic E-state index is 11.4. The van der Waals surface area contributed by atoms with Crippen LogP contribution < -0.4 is 0 Å². The number of aromatic nitrogens is 6. The van der Waals surface area contributed by atoms with Gasteiger partial charge in [-0.1, -0.05) is 10.9 Å². The molecule has 0 atom stereocenters. The molecule has 1 saturated carbocycles. The normalized spacial score (nSPS) is 17.1. The number of nitrogens with zero attached hydrogens (tertiary/aromatic N) is 6. The Morgan fingerprint density at radius 3 is 2.79 bits per heavy atom. The number of carboxylic acid groups (broad SMARTS) is 1. The Labute approximate surface area is 112 Å². The van der Waals surface area contributed by atoms with Crippen LogP contribution >= 0.6 is 11.5 Å². The van der Waals surface area contributed by atoms with Gasteiger partial charge in [-0.05, 0) is 41.7 Å². The summed E-state index contributed by atoms with van der Waals surface area (Å²) in [5, 5.41) is 24.8. The van der Waals surface area contributed by atoms with E-state index in [2.05, 4.69) is 25.1 Å². The number of rotatable bonds is 4. The van der Waals surface area contributed by atoms with Gasteiger partial charge in [0.15, 0.2) is 5.82 Å². The number of aryl methyl sites for hydroxylation is 1. The molecule has 2 heterocycles. The van der Waals surface area contributed by atoms with E-state index in [0.717, 1.165) is 17.0 Å². The highest BCUT2D eigenvalue weighted by Gasteiger charge is 2.45. The second kappa shape index (κ2) is 4.34. The van der Waals surface area contributed by atoms with Gasteiger partial charge in [-0.25, -0.2) is 4.68 Å². The van der Waals surface area contributed by atoms with Crippen molar-refractivity contribution in [3.63, 3.8) is 0 Å². The summed E-state index contributed by atoms with van der Waals surface area (Å²) in [4.78, 5) is 12.2. The Kier molecular flexibility index (Phi) is 2.77. The van der Waals surface area contributed by atoms with E-state index in [1.807, 2.05) is 6.92 Å². The molecule has 0 bridgehead atoms. The van der Waals surface area contributed by atoms with E-state index in [9.17, 15) is 9.90 Å². The van der Waals surface area contributed by atoms with Crippen molar-refractivity contribution in [2.24, 2.45) is 5.41 Å². The van der Waals surface area contributed by atoms with E-state index in [0.29, 0.717) is 25.2 Å². The molecule has 100 valence electrons. The highest BCUT2D eigenvalue weighted by molar-refractivity contribution is 7.09. The van der Waals surface area contributed by atoms with E-state index >= 15 is 0 Å². The summed E-state index contributed by atoms with van der Waals surface area (Å²) in [6.45, 7) is 2.12. The maximum absolute atomic E-state index is 11.4. The van der Waals surface area contributed by atoms with Crippen LogP contribution in [0.1, 0.15) is 25.0 Å². The fourth-order valence-corrected chi connectivity index (χ4v) is 2.89. The molecule has 0 unspecified atom stereocenters. The molecule has 8 nitrogen and oxygen atoms in total. The van der Waals surface area contributed by atoms with Crippen LogP contribution in [0.3, 0.4) is 0 Å². The standard InChI is InChI=1S/C10H12N6O2S/c1-6-7(19-15-11-6)8-12-13-14-16(8)5-10(9(17)18)3-2-4-10/h2-5H2,1H3,(H,17,18). The zero-order chi connectivity index (χ0) is 13.5. The summed E-state index contributed by atoms with van der Waals surface area (Å²) in [7, 11) is 0. The van der Waals surface area contributed by atoms with Crippen molar-refractivity contribution in [3.8, 4) is 10.7 Å². The molecule has 1 fully saturated rings. The number of hydrogen-bond acceptors (Lipinski definition) is 7. The van der Waals surface area contributed by atoms with E-state index in [-0.39, 0.29) is 0 Å². The first-order valence-electron chi connectivity index (χ1n) is 5.91.